The number of esters is 1. The molecule has 0 unspecified atom stereocenters. The molecular weight excluding hydrogens is 232 g/mol. The maximum absolute atomic E-state index is 11.7. The fourth-order valence-corrected chi connectivity index (χ4v) is 2.15. The van der Waals surface area contributed by atoms with Crippen LogP contribution in [0.4, 0.5) is 0 Å². The van der Waals surface area contributed by atoms with E-state index in [1.54, 1.807) is 6.92 Å². The Balaban J connectivity index is 2.39. The SMILES string of the molecule is CCOC(=O)CC(=O)CN1CCN(C)C(C)(C)C1. The average Bonchev–Trinajstić information content (AvgIpc) is 2.23. The molecule has 0 aromatic heterocycles. The maximum Gasteiger partial charge on any atom is 0.313 e. The van der Waals surface area contributed by atoms with E-state index in [0.717, 1.165) is 19.6 Å². The molecule has 18 heavy (non-hydrogen) atoms. The van der Waals surface area contributed by atoms with Crippen LogP contribution in [-0.2, 0) is 14.3 Å². The van der Waals surface area contributed by atoms with Crippen LogP contribution in [0, 0.1) is 0 Å². The number of rotatable bonds is 5. The number of carbonyl (C=O) groups is 2. The lowest BCUT2D eigenvalue weighted by Gasteiger charge is -2.45. The van der Waals surface area contributed by atoms with E-state index in [4.69, 9.17) is 4.74 Å². The van der Waals surface area contributed by atoms with Crippen LogP contribution in [0.3, 0.4) is 0 Å². The van der Waals surface area contributed by atoms with E-state index in [1.807, 2.05) is 0 Å². The molecule has 1 fully saturated rings. The van der Waals surface area contributed by atoms with Gasteiger partial charge in [0.25, 0.3) is 0 Å². The number of hydrogen-bond donors (Lipinski definition) is 0. The minimum absolute atomic E-state index is 0.0613. The van der Waals surface area contributed by atoms with E-state index >= 15 is 0 Å². The molecule has 5 nitrogen and oxygen atoms in total. The quantitative estimate of drug-likeness (QED) is 0.530. The monoisotopic (exact) mass is 256 g/mol. The number of carbonyl (C=O) groups excluding carboxylic acids is 2. The third-order valence-electron chi connectivity index (χ3n) is 3.44. The Morgan fingerprint density at radius 1 is 1.28 bits per heavy atom. The molecule has 0 atom stereocenters. The van der Waals surface area contributed by atoms with Crippen molar-refractivity contribution >= 4 is 11.8 Å². The van der Waals surface area contributed by atoms with Crippen LogP contribution >= 0.6 is 0 Å². The fraction of sp³-hybridized carbons (Fsp3) is 0.846. The molecule has 0 bridgehead atoms. The first-order valence-electron chi connectivity index (χ1n) is 6.46. The summed E-state index contributed by atoms with van der Waals surface area (Å²) in [6, 6.07) is 0. The molecule has 0 radical (unpaired) electrons. The van der Waals surface area contributed by atoms with E-state index in [9.17, 15) is 9.59 Å². The van der Waals surface area contributed by atoms with Gasteiger partial charge in [-0.1, -0.05) is 0 Å². The smallest absolute Gasteiger partial charge is 0.313 e. The summed E-state index contributed by atoms with van der Waals surface area (Å²) in [5.41, 5.74) is 0.0719. The number of nitrogens with zero attached hydrogens (tertiary/aromatic N) is 2. The Bertz CT molecular complexity index is 315. The van der Waals surface area contributed by atoms with Gasteiger partial charge in [0.15, 0.2) is 5.78 Å². The van der Waals surface area contributed by atoms with Crippen molar-refractivity contribution in [1.82, 2.24) is 9.80 Å². The van der Waals surface area contributed by atoms with Crippen molar-refractivity contribution in [2.45, 2.75) is 32.7 Å². The van der Waals surface area contributed by atoms with Crippen LogP contribution in [0.2, 0.25) is 0 Å². The van der Waals surface area contributed by atoms with Gasteiger partial charge >= 0.3 is 5.97 Å². The first-order valence-corrected chi connectivity index (χ1v) is 6.46. The van der Waals surface area contributed by atoms with Crippen molar-refractivity contribution in [2.24, 2.45) is 0 Å². The van der Waals surface area contributed by atoms with Gasteiger partial charge in [-0.15, -0.1) is 0 Å². The standard InChI is InChI=1S/C13H24N2O3/c1-5-18-12(17)8-11(16)9-15-7-6-14(4)13(2,3)10-15/h5-10H2,1-4H3. The third-order valence-corrected chi connectivity index (χ3v) is 3.44. The molecule has 5 heteroatoms. The summed E-state index contributed by atoms with van der Waals surface area (Å²) in [5, 5.41) is 0. The second-order valence-electron chi connectivity index (χ2n) is 5.47. The summed E-state index contributed by atoms with van der Waals surface area (Å²) in [6.07, 6.45) is -0.111. The summed E-state index contributed by atoms with van der Waals surface area (Å²) < 4.78 is 4.77. The Morgan fingerprint density at radius 2 is 1.94 bits per heavy atom. The van der Waals surface area contributed by atoms with Gasteiger partial charge < -0.3 is 4.74 Å². The van der Waals surface area contributed by atoms with E-state index in [1.165, 1.54) is 0 Å². The lowest BCUT2D eigenvalue weighted by Crippen LogP contribution is -2.58. The normalized spacial score (nSPS) is 20.7. The number of ether oxygens (including phenoxy) is 1. The van der Waals surface area contributed by atoms with Crippen molar-refractivity contribution in [2.75, 3.05) is 39.8 Å². The van der Waals surface area contributed by atoms with E-state index < -0.39 is 5.97 Å². The zero-order valence-corrected chi connectivity index (χ0v) is 11.9. The number of Topliss-reactive ketones (excluding diaryl/α,β-unsaturated/α-hetero) is 1. The minimum atomic E-state index is -0.420. The molecule has 0 aromatic carbocycles. The van der Waals surface area contributed by atoms with Gasteiger partial charge in [0.1, 0.15) is 6.42 Å². The van der Waals surface area contributed by atoms with Crippen molar-refractivity contribution < 1.29 is 14.3 Å². The van der Waals surface area contributed by atoms with Crippen LogP contribution in [0.5, 0.6) is 0 Å². The highest BCUT2D eigenvalue weighted by atomic mass is 16.5. The van der Waals surface area contributed by atoms with Gasteiger partial charge in [-0.2, -0.15) is 0 Å². The average molecular weight is 256 g/mol. The van der Waals surface area contributed by atoms with Gasteiger partial charge in [-0.05, 0) is 27.8 Å². The summed E-state index contributed by atoms with van der Waals surface area (Å²) in [5.74, 6) is -0.482. The lowest BCUT2D eigenvalue weighted by atomic mass is 9.99. The first kappa shape index (κ1) is 15.1. The highest BCUT2D eigenvalue weighted by Gasteiger charge is 2.31. The van der Waals surface area contributed by atoms with Crippen LogP contribution in [0.15, 0.2) is 0 Å². The fourth-order valence-electron chi connectivity index (χ4n) is 2.15. The molecule has 104 valence electrons. The topological polar surface area (TPSA) is 49.9 Å². The third kappa shape index (κ3) is 4.38. The lowest BCUT2D eigenvalue weighted by molar-refractivity contribution is -0.145. The zero-order chi connectivity index (χ0) is 13.8. The van der Waals surface area contributed by atoms with Gasteiger partial charge in [-0.25, -0.2) is 0 Å². The van der Waals surface area contributed by atoms with E-state index in [-0.39, 0.29) is 17.7 Å². The molecule has 0 amide bonds. The molecule has 1 aliphatic rings. The summed E-state index contributed by atoms with van der Waals surface area (Å²) in [6.45, 7) is 9.39. The molecule has 0 aromatic rings. The first-order chi connectivity index (χ1) is 8.35. The zero-order valence-electron chi connectivity index (χ0n) is 11.9. The Kier molecular flexibility index (Phi) is 5.28. The van der Waals surface area contributed by atoms with E-state index in [0.29, 0.717) is 13.2 Å². The van der Waals surface area contributed by atoms with Gasteiger partial charge in [0.2, 0.25) is 0 Å². The van der Waals surface area contributed by atoms with Crippen molar-refractivity contribution in [1.29, 1.82) is 0 Å². The molecule has 1 saturated heterocycles. The van der Waals surface area contributed by atoms with Crippen molar-refractivity contribution in [3.63, 3.8) is 0 Å². The van der Waals surface area contributed by atoms with Gasteiger partial charge in [-0.3, -0.25) is 19.4 Å². The van der Waals surface area contributed by atoms with Crippen LogP contribution in [0.25, 0.3) is 0 Å². The maximum atomic E-state index is 11.7. The predicted octanol–water partition coefficient (Wildman–Crippen LogP) is 0.535. The molecule has 0 N–H and O–H groups in total. The number of piperazine rings is 1. The number of hydrogen-bond acceptors (Lipinski definition) is 5. The number of likely N-dealkylation sites (N-methyl/N-ethyl adjacent to an activating group) is 1. The van der Waals surface area contributed by atoms with Crippen LogP contribution < -0.4 is 0 Å². The largest absolute Gasteiger partial charge is 0.466 e. The van der Waals surface area contributed by atoms with Crippen LogP contribution in [0.1, 0.15) is 27.2 Å². The molecule has 1 rings (SSSR count). The number of ketones is 1. The molecular formula is C13H24N2O3. The molecule has 1 aliphatic heterocycles. The van der Waals surface area contributed by atoms with E-state index in [2.05, 4.69) is 30.7 Å². The summed E-state index contributed by atoms with van der Waals surface area (Å²) >= 11 is 0. The van der Waals surface area contributed by atoms with Crippen molar-refractivity contribution in [3.8, 4) is 0 Å². The van der Waals surface area contributed by atoms with Gasteiger partial charge in [0, 0.05) is 25.2 Å². The van der Waals surface area contributed by atoms with Crippen molar-refractivity contribution in [3.05, 3.63) is 0 Å². The summed E-state index contributed by atoms with van der Waals surface area (Å²) in [7, 11) is 2.10. The molecule has 0 saturated carbocycles. The van der Waals surface area contributed by atoms with Gasteiger partial charge in [0.05, 0.1) is 13.2 Å². The predicted molar refractivity (Wildman–Crippen MR) is 69.4 cm³/mol. The molecule has 1 heterocycles. The second kappa shape index (κ2) is 6.29. The minimum Gasteiger partial charge on any atom is -0.466 e. The Hall–Kier alpha value is -0.940. The molecule has 0 spiro atoms. The highest BCUT2D eigenvalue weighted by Crippen LogP contribution is 2.18. The second-order valence-corrected chi connectivity index (χ2v) is 5.47. The summed E-state index contributed by atoms with van der Waals surface area (Å²) in [4.78, 5) is 27.3. The highest BCUT2D eigenvalue weighted by molar-refractivity contribution is 5.96. The Morgan fingerprint density at radius 3 is 2.50 bits per heavy atom. The van der Waals surface area contributed by atoms with Crippen LogP contribution in [-0.4, -0.2) is 66.9 Å². The Labute approximate surface area is 109 Å². The molecule has 0 aliphatic carbocycles.